The van der Waals surface area contributed by atoms with Gasteiger partial charge in [0.1, 0.15) is 5.82 Å². The quantitative estimate of drug-likeness (QED) is 0.359. The maximum Gasteiger partial charge on any atom is 0.314 e. The number of sulfonamides is 1. The third kappa shape index (κ3) is 5.65. The third-order valence-electron chi connectivity index (χ3n) is 4.29. The maximum absolute atomic E-state index is 12.3. The van der Waals surface area contributed by atoms with Gasteiger partial charge in [-0.2, -0.15) is 9.78 Å². The van der Waals surface area contributed by atoms with Crippen LogP contribution in [0.2, 0.25) is 0 Å². The van der Waals surface area contributed by atoms with Crippen molar-refractivity contribution in [2.75, 3.05) is 11.9 Å². The number of nitrogens with one attached hydrogen (secondary N) is 3. The Labute approximate surface area is 182 Å². The van der Waals surface area contributed by atoms with Gasteiger partial charge in [0.05, 0.1) is 10.6 Å². The molecule has 0 saturated heterocycles. The monoisotopic (exact) mass is 459 g/mol. The Bertz CT molecular complexity index is 1330. The second kappa shape index (κ2) is 9.11. The predicted molar refractivity (Wildman–Crippen MR) is 115 cm³/mol. The Morgan fingerprint density at radius 3 is 2.41 bits per heavy atom. The number of benzene rings is 1. The summed E-state index contributed by atoms with van der Waals surface area (Å²) >= 11 is 0. The largest absolute Gasteiger partial charge is 0.347 e. The summed E-state index contributed by atoms with van der Waals surface area (Å²) in [6.07, 6.45) is 0.370. The van der Waals surface area contributed by atoms with Gasteiger partial charge in [-0.15, -0.1) is 0 Å². The van der Waals surface area contributed by atoms with Crippen LogP contribution in [0, 0.1) is 13.8 Å². The molecule has 3 aromatic rings. The van der Waals surface area contributed by atoms with Crippen molar-refractivity contribution >= 4 is 27.7 Å². The van der Waals surface area contributed by atoms with Crippen LogP contribution < -0.4 is 21.3 Å². The Balaban J connectivity index is 1.62. The van der Waals surface area contributed by atoms with Crippen molar-refractivity contribution in [3.05, 3.63) is 63.7 Å². The highest BCUT2D eigenvalue weighted by Gasteiger charge is 2.18. The van der Waals surface area contributed by atoms with Crippen LogP contribution in [0.1, 0.15) is 17.0 Å². The van der Waals surface area contributed by atoms with Gasteiger partial charge in [0, 0.05) is 24.4 Å². The van der Waals surface area contributed by atoms with Gasteiger partial charge in [-0.1, -0.05) is 12.1 Å². The van der Waals surface area contributed by atoms with Crippen LogP contribution >= 0.6 is 0 Å². The van der Waals surface area contributed by atoms with Crippen molar-refractivity contribution in [2.24, 2.45) is 5.14 Å². The molecule has 0 aliphatic rings. The molecule has 0 spiro atoms. The predicted octanol–water partition coefficient (Wildman–Crippen LogP) is -0.483. The summed E-state index contributed by atoms with van der Waals surface area (Å²) in [5.41, 5.74) is 1.37. The van der Waals surface area contributed by atoms with E-state index >= 15 is 0 Å². The molecule has 0 unspecified atom stereocenters. The van der Waals surface area contributed by atoms with Gasteiger partial charge >= 0.3 is 11.8 Å². The number of carbonyl (C=O) groups is 2. The number of H-pyrrole nitrogens is 1. The molecule has 2 aromatic heterocycles. The number of nitrogens with zero attached hydrogens (tertiary/aromatic N) is 3. The summed E-state index contributed by atoms with van der Waals surface area (Å²) in [6, 6.07) is 8.72. The molecule has 2 heterocycles. The standard InChI is InChI=1S/C19H21N7O5S/c1-11-10-16(27)24-19(22-11)26-15(9-12(2)25-26)23-18(29)17(28)21-8-7-13-3-5-14(6-4-13)32(20,30)31/h3-6,9-10H,7-8H2,1-2H3,(H,21,28)(H,23,29)(H2,20,30,31)(H,22,24,27). The number of aryl methyl sites for hydroxylation is 2. The molecule has 32 heavy (non-hydrogen) atoms. The fourth-order valence-corrected chi connectivity index (χ4v) is 3.35. The van der Waals surface area contributed by atoms with Crippen molar-refractivity contribution in [1.82, 2.24) is 25.1 Å². The Hall–Kier alpha value is -3.84. The number of aromatic amines is 1. The topological polar surface area (TPSA) is 182 Å². The summed E-state index contributed by atoms with van der Waals surface area (Å²) in [4.78, 5) is 42.9. The SMILES string of the molecule is Cc1cc(=O)[nH]c(-n2nc(C)cc2NC(=O)C(=O)NCCc2ccc(S(N)(=O)=O)cc2)n1. The normalized spacial score (nSPS) is 11.2. The summed E-state index contributed by atoms with van der Waals surface area (Å²) < 4.78 is 23.8. The number of nitrogens with two attached hydrogens (primary N) is 1. The van der Waals surface area contributed by atoms with Crippen LogP contribution in [0.15, 0.2) is 46.1 Å². The minimum Gasteiger partial charge on any atom is -0.347 e. The first kappa shape index (κ1) is 22.8. The molecule has 2 amide bonds. The van der Waals surface area contributed by atoms with Gasteiger partial charge in [0.15, 0.2) is 0 Å². The van der Waals surface area contributed by atoms with Crippen molar-refractivity contribution in [3.63, 3.8) is 0 Å². The molecule has 168 valence electrons. The van der Waals surface area contributed by atoms with E-state index in [1.165, 1.54) is 28.9 Å². The van der Waals surface area contributed by atoms with Gasteiger partial charge in [-0.3, -0.25) is 19.4 Å². The highest BCUT2D eigenvalue weighted by Crippen LogP contribution is 2.14. The summed E-state index contributed by atoms with van der Waals surface area (Å²) in [6.45, 7) is 3.47. The molecule has 12 nitrogen and oxygen atoms in total. The average Bonchev–Trinajstić information content (AvgIpc) is 3.07. The summed E-state index contributed by atoms with van der Waals surface area (Å²) in [7, 11) is -3.78. The van der Waals surface area contributed by atoms with Crippen LogP contribution in [0.25, 0.3) is 5.95 Å². The number of amides is 2. The molecule has 1 aromatic carbocycles. The molecule has 13 heteroatoms. The van der Waals surface area contributed by atoms with E-state index in [2.05, 4.69) is 25.7 Å². The van der Waals surface area contributed by atoms with E-state index in [0.717, 1.165) is 5.56 Å². The number of hydrogen-bond acceptors (Lipinski definition) is 7. The Morgan fingerprint density at radius 2 is 1.78 bits per heavy atom. The van der Waals surface area contributed by atoms with E-state index in [9.17, 15) is 22.8 Å². The number of anilines is 1. The molecule has 3 rings (SSSR count). The molecule has 0 atom stereocenters. The lowest BCUT2D eigenvalue weighted by molar-refractivity contribution is -0.136. The molecule has 0 radical (unpaired) electrons. The average molecular weight is 459 g/mol. The van der Waals surface area contributed by atoms with Crippen molar-refractivity contribution in [1.29, 1.82) is 0 Å². The first-order chi connectivity index (χ1) is 15.0. The number of rotatable bonds is 6. The van der Waals surface area contributed by atoms with E-state index in [0.29, 0.717) is 17.8 Å². The van der Waals surface area contributed by atoms with Crippen molar-refractivity contribution < 1.29 is 18.0 Å². The highest BCUT2D eigenvalue weighted by atomic mass is 32.2. The van der Waals surface area contributed by atoms with E-state index in [1.807, 2.05) is 0 Å². The molecule has 0 saturated carbocycles. The molecule has 0 aliphatic carbocycles. The molecule has 0 fully saturated rings. The number of carbonyl (C=O) groups excluding carboxylic acids is 2. The number of aromatic nitrogens is 4. The van der Waals surface area contributed by atoms with Crippen LogP contribution in [-0.2, 0) is 26.0 Å². The second-order valence-electron chi connectivity index (χ2n) is 6.94. The molecular formula is C19H21N7O5S. The van der Waals surface area contributed by atoms with E-state index in [4.69, 9.17) is 5.14 Å². The molecular weight excluding hydrogens is 438 g/mol. The van der Waals surface area contributed by atoms with Gasteiger partial charge in [-0.25, -0.2) is 18.5 Å². The van der Waals surface area contributed by atoms with Crippen LogP contribution in [0.3, 0.4) is 0 Å². The molecule has 0 aliphatic heterocycles. The van der Waals surface area contributed by atoms with Crippen molar-refractivity contribution in [3.8, 4) is 5.95 Å². The zero-order chi connectivity index (χ0) is 23.5. The highest BCUT2D eigenvalue weighted by molar-refractivity contribution is 7.89. The minimum atomic E-state index is -3.78. The Kier molecular flexibility index (Phi) is 6.50. The van der Waals surface area contributed by atoms with Gasteiger partial charge < -0.3 is 10.6 Å². The van der Waals surface area contributed by atoms with Crippen LogP contribution in [0.4, 0.5) is 5.82 Å². The summed E-state index contributed by atoms with van der Waals surface area (Å²) in [5, 5.41) is 14.2. The molecule has 0 bridgehead atoms. The maximum atomic E-state index is 12.3. The zero-order valence-corrected chi connectivity index (χ0v) is 18.1. The van der Waals surface area contributed by atoms with Gasteiger partial charge in [0.25, 0.3) is 5.56 Å². The molecule has 5 N–H and O–H groups in total. The Morgan fingerprint density at radius 1 is 1.09 bits per heavy atom. The van der Waals surface area contributed by atoms with Gasteiger partial charge in [-0.05, 0) is 38.0 Å². The van der Waals surface area contributed by atoms with E-state index in [1.54, 1.807) is 26.0 Å². The number of hydrogen-bond donors (Lipinski definition) is 4. The van der Waals surface area contributed by atoms with E-state index < -0.39 is 21.8 Å². The lowest BCUT2D eigenvalue weighted by atomic mass is 10.1. The summed E-state index contributed by atoms with van der Waals surface area (Å²) in [5.74, 6) is -1.54. The smallest absolute Gasteiger partial charge is 0.314 e. The lowest BCUT2D eigenvalue weighted by Gasteiger charge is -2.09. The first-order valence-electron chi connectivity index (χ1n) is 9.39. The second-order valence-corrected chi connectivity index (χ2v) is 8.50. The van der Waals surface area contributed by atoms with Crippen molar-refractivity contribution in [2.45, 2.75) is 25.2 Å². The fraction of sp³-hybridized carbons (Fsp3) is 0.211. The lowest BCUT2D eigenvalue weighted by Crippen LogP contribution is -2.37. The minimum absolute atomic E-state index is 0.0130. The fourth-order valence-electron chi connectivity index (χ4n) is 2.83. The van der Waals surface area contributed by atoms with Crippen LogP contribution in [0.5, 0.6) is 0 Å². The van der Waals surface area contributed by atoms with Crippen LogP contribution in [-0.4, -0.2) is 46.5 Å². The first-order valence-corrected chi connectivity index (χ1v) is 10.9. The van der Waals surface area contributed by atoms with E-state index in [-0.39, 0.29) is 28.8 Å². The van der Waals surface area contributed by atoms with Gasteiger partial charge in [0.2, 0.25) is 16.0 Å². The third-order valence-corrected chi connectivity index (χ3v) is 5.22. The number of primary sulfonamides is 1. The zero-order valence-electron chi connectivity index (χ0n) is 17.2.